The van der Waals surface area contributed by atoms with Gasteiger partial charge in [0.2, 0.25) is 0 Å². The van der Waals surface area contributed by atoms with Gasteiger partial charge in [0.15, 0.2) is 0 Å². The van der Waals surface area contributed by atoms with E-state index in [0.717, 1.165) is 31.7 Å². The Bertz CT molecular complexity index is 237. The smallest absolute Gasteiger partial charge is 0.407 e. The van der Waals surface area contributed by atoms with Crippen LogP contribution in [0.25, 0.3) is 0 Å². The van der Waals surface area contributed by atoms with Crippen molar-refractivity contribution in [3.63, 3.8) is 0 Å². The molecule has 0 saturated heterocycles. The van der Waals surface area contributed by atoms with Crippen molar-refractivity contribution in [2.24, 2.45) is 11.7 Å². The first kappa shape index (κ1) is 18.2. The molecule has 1 amide bonds. The van der Waals surface area contributed by atoms with Crippen molar-refractivity contribution in [2.45, 2.75) is 71.8 Å². The Labute approximate surface area is 118 Å². The highest BCUT2D eigenvalue weighted by Crippen LogP contribution is 2.14. The minimum atomic E-state index is -0.415. The van der Waals surface area contributed by atoms with Crippen molar-refractivity contribution < 1.29 is 9.53 Å². The minimum Gasteiger partial charge on any atom is -0.444 e. The summed E-state index contributed by atoms with van der Waals surface area (Å²) in [6.07, 6.45) is 6.69. The third-order valence-electron chi connectivity index (χ3n) is 2.94. The standard InChI is InChI=1S/C15H32N2O2/c1-13(9-5-7-11-16)10-6-8-12-17-14(18)19-15(2,3)4/h13H,5-12,16H2,1-4H3,(H,17,18). The first-order valence-corrected chi connectivity index (χ1v) is 7.52. The summed E-state index contributed by atoms with van der Waals surface area (Å²) >= 11 is 0. The van der Waals surface area contributed by atoms with Crippen molar-refractivity contribution in [3.8, 4) is 0 Å². The number of carbonyl (C=O) groups is 1. The molecule has 0 rings (SSSR count). The van der Waals surface area contributed by atoms with E-state index in [-0.39, 0.29) is 6.09 Å². The normalized spacial score (nSPS) is 13.1. The van der Waals surface area contributed by atoms with Crippen LogP contribution in [0.15, 0.2) is 0 Å². The molecule has 0 saturated carbocycles. The monoisotopic (exact) mass is 272 g/mol. The Morgan fingerprint density at radius 3 is 2.26 bits per heavy atom. The fourth-order valence-corrected chi connectivity index (χ4v) is 1.90. The van der Waals surface area contributed by atoms with Gasteiger partial charge in [0.05, 0.1) is 0 Å². The molecule has 4 nitrogen and oxygen atoms in total. The van der Waals surface area contributed by atoms with Crippen LogP contribution >= 0.6 is 0 Å². The fraction of sp³-hybridized carbons (Fsp3) is 0.933. The molecule has 0 aliphatic rings. The predicted octanol–water partition coefficient (Wildman–Crippen LogP) is 3.45. The molecule has 0 spiro atoms. The summed E-state index contributed by atoms with van der Waals surface area (Å²) in [5.41, 5.74) is 5.06. The van der Waals surface area contributed by atoms with Gasteiger partial charge in [-0.1, -0.05) is 32.6 Å². The van der Waals surface area contributed by atoms with E-state index >= 15 is 0 Å². The molecule has 1 atom stereocenters. The molecule has 3 N–H and O–H groups in total. The highest BCUT2D eigenvalue weighted by atomic mass is 16.6. The lowest BCUT2D eigenvalue weighted by Crippen LogP contribution is -2.33. The number of nitrogens with two attached hydrogens (primary N) is 1. The van der Waals surface area contributed by atoms with Crippen LogP contribution in [0.1, 0.15) is 66.2 Å². The Hall–Kier alpha value is -0.770. The van der Waals surface area contributed by atoms with Gasteiger partial charge in [0.1, 0.15) is 5.60 Å². The summed E-state index contributed by atoms with van der Waals surface area (Å²) < 4.78 is 5.17. The van der Waals surface area contributed by atoms with Crippen LogP contribution < -0.4 is 11.1 Å². The third kappa shape index (κ3) is 13.5. The summed E-state index contributed by atoms with van der Waals surface area (Å²) in [6, 6.07) is 0. The zero-order valence-electron chi connectivity index (χ0n) is 13.1. The van der Waals surface area contributed by atoms with Crippen LogP contribution in [0.3, 0.4) is 0 Å². The summed E-state index contributed by atoms with van der Waals surface area (Å²) in [5.74, 6) is 0.757. The van der Waals surface area contributed by atoms with Gasteiger partial charge in [-0.15, -0.1) is 0 Å². The maximum absolute atomic E-state index is 11.4. The zero-order chi connectivity index (χ0) is 14.7. The van der Waals surface area contributed by atoms with E-state index in [2.05, 4.69) is 12.2 Å². The Morgan fingerprint density at radius 2 is 1.74 bits per heavy atom. The highest BCUT2D eigenvalue weighted by Gasteiger charge is 2.15. The largest absolute Gasteiger partial charge is 0.444 e. The van der Waals surface area contributed by atoms with E-state index in [1.807, 2.05) is 20.8 Å². The van der Waals surface area contributed by atoms with E-state index in [1.165, 1.54) is 19.3 Å². The zero-order valence-corrected chi connectivity index (χ0v) is 13.1. The summed E-state index contributed by atoms with van der Waals surface area (Å²) in [7, 11) is 0. The van der Waals surface area contributed by atoms with Gasteiger partial charge in [0.25, 0.3) is 0 Å². The SMILES string of the molecule is CC(CCCCN)CCCCNC(=O)OC(C)(C)C. The molecule has 19 heavy (non-hydrogen) atoms. The van der Waals surface area contributed by atoms with Gasteiger partial charge in [-0.25, -0.2) is 4.79 Å². The fourth-order valence-electron chi connectivity index (χ4n) is 1.90. The molecule has 114 valence electrons. The van der Waals surface area contributed by atoms with Gasteiger partial charge in [-0.05, 0) is 46.1 Å². The van der Waals surface area contributed by atoms with Gasteiger partial charge in [0, 0.05) is 6.54 Å². The molecule has 0 aromatic carbocycles. The number of alkyl carbamates (subject to hydrolysis) is 1. The third-order valence-corrected chi connectivity index (χ3v) is 2.94. The first-order valence-electron chi connectivity index (χ1n) is 7.52. The van der Waals surface area contributed by atoms with Crippen LogP contribution in [0.5, 0.6) is 0 Å². The molecule has 0 heterocycles. The van der Waals surface area contributed by atoms with Crippen LogP contribution in [0.2, 0.25) is 0 Å². The molecule has 4 heteroatoms. The Morgan fingerprint density at radius 1 is 1.16 bits per heavy atom. The number of rotatable bonds is 9. The first-order chi connectivity index (χ1) is 8.85. The van der Waals surface area contributed by atoms with Gasteiger partial charge in [-0.3, -0.25) is 0 Å². The molecule has 0 aliphatic carbocycles. The maximum Gasteiger partial charge on any atom is 0.407 e. The lowest BCUT2D eigenvalue weighted by molar-refractivity contribution is 0.0527. The van der Waals surface area contributed by atoms with E-state index in [4.69, 9.17) is 10.5 Å². The second-order valence-corrected chi connectivity index (χ2v) is 6.31. The molecule has 1 unspecified atom stereocenters. The van der Waals surface area contributed by atoms with E-state index in [0.29, 0.717) is 6.54 Å². The van der Waals surface area contributed by atoms with Crippen LogP contribution in [0, 0.1) is 5.92 Å². The molecule has 0 bridgehead atoms. The second kappa shape index (κ2) is 10.1. The molecular weight excluding hydrogens is 240 g/mol. The molecule has 0 fully saturated rings. The lowest BCUT2D eigenvalue weighted by Gasteiger charge is -2.19. The van der Waals surface area contributed by atoms with Crippen molar-refractivity contribution >= 4 is 6.09 Å². The lowest BCUT2D eigenvalue weighted by atomic mass is 9.98. The maximum atomic E-state index is 11.4. The molecule has 0 aromatic heterocycles. The predicted molar refractivity (Wildman–Crippen MR) is 80.2 cm³/mol. The molecule has 0 aliphatic heterocycles. The molecule has 0 radical (unpaired) electrons. The Kier molecular flexibility index (Phi) is 9.66. The van der Waals surface area contributed by atoms with Crippen LogP contribution in [-0.4, -0.2) is 24.8 Å². The topological polar surface area (TPSA) is 64.3 Å². The quantitative estimate of drug-likeness (QED) is 0.632. The molecular formula is C15H32N2O2. The van der Waals surface area contributed by atoms with E-state index in [9.17, 15) is 4.79 Å². The van der Waals surface area contributed by atoms with Gasteiger partial charge in [-0.2, -0.15) is 0 Å². The van der Waals surface area contributed by atoms with E-state index < -0.39 is 5.60 Å². The molecule has 0 aromatic rings. The average molecular weight is 272 g/mol. The van der Waals surface area contributed by atoms with Gasteiger partial charge >= 0.3 is 6.09 Å². The summed E-state index contributed by atoms with van der Waals surface area (Å²) in [5, 5.41) is 2.79. The second-order valence-electron chi connectivity index (χ2n) is 6.31. The minimum absolute atomic E-state index is 0.316. The average Bonchev–Trinajstić information content (AvgIpc) is 2.26. The van der Waals surface area contributed by atoms with Crippen molar-refractivity contribution in [1.29, 1.82) is 0 Å². The number of ether oxygens (including phenoxy) is 1. The number of amides is 1. The number of unbranched alkanes of at least 4 members (excludes halogenated alkanes) is 2. The number of hydrogen-bond donors (Lipinski definition) is 2. The van der Waals surface area contributed by atoms with Crippen LogP contribution in [0.4, 0.5) is 4.79 Å². The van der Waals surface area contributed by atoms with E-state index in [1.54, 1.807) is 0 Å². The number of hydrogen-bond acceptors (Lipinski definition) is 3. The summed E-state index contributed by atoms with van der Waals surface area (Å²) in [4.78, 5) is 11.4. The Balaban J connectivity index is 3.42. The summed E-state index contributed by atoms with van der Waals surface area (Å²) in [6.45, 7) is 9.40. The highest BCUT2D eigenvalue weighted by molar-refractivity contribution is 5.67. The van der Waals surface area contributed by atoms with Crippen molar-refractivity contribution in [3.05, 3.63) is 0 Å². The van der Waals surface area contributed by atoms with Crippen molar-refractivity contribution in [2.75, 3.05) is 13.1 Å². The number of carbonyl (C=O) groups excluding carboxylic acids is 1. The van der Waals surface area contributed by atoms with Gasteiger partial charge < -0.3 is 15.8 Å². The number of nitrogens with one attached hydrogen (secondary N) is 1. The van der Waals surface area contributed by atoms with Crippen LogP contribution in [-0.2, 0) is 4.74 Å². The van der Waals surface area contributed by atoms with Crippen molar-refractivity contribution in [1.82, 2.24) is 5.32 Å².